The summed E-state index contributed by atoms with van der Waals surface area (Å²) in [5.74, 6) is 1.89. The lowest BCUT2D eigenvalue weighted by molar-refractivity contribution is -0.206. The summed E-state index contributed by atoms with van der Waals surface area (Å²) in [5.41, 5.74) is 5.10. The number of nitrogens with zero attached hydrogens (tertiary/aromatic N) is 1. The summed E-state index contributed by atoms with van der Waals surface area (Å²) >= 11 is 0. The second-order valence-electron chi connectivity index (χ2n) is 10.7. The van der Waals surface area contributed by atoms with Gasteiger partial charge in [0, 0.05) is 17.5 Å². The SMILES string of the molecule is C[C@]12CC[C@H](O)C[C@H]1CC[C@@H]1[C@@H]2CC[C@]2(C)[C@H](/C=N/OCCCN)CC[C@]12O. The maximum Gasteiger partial charge on any atom is 0.118 e. The smallest absolute Gasteiger partial charge is 0.118 e. The van der Waals surface area contributed by atoms with Gasteiger partial charge < -0.3 is 20.8 Å². The minimum absolute atomic E-state index is 0.105. The number of nitrogens with two attached hydrogens (primary N) is 1. The Kier molecular flexibility index (Phi) is 5.56. The van der Waals surface area contributed by atoms with Gasteiger partial charge in [-0.1, -0.05) is 19.0 Å². The molecule has 0 spiro atoms. The van der Waals surface area contributed by atoms with E-state index < -0.39 is 5.60 Å². The minimum atomic E-state index is -0.589. The average Bonchev–Trinajstić information content (AvgIpc) is 2.93. The van der Waals surface area contributed by atoms with Crippen molar-refractivity contribution in [3.63, 3.8) is 0 Å². The molecule has 0 aliphatic heterocycles. The molecule has 4 aliphatic rings. The van der Waals surface area contributed by atoms with Gasteiger partial charge in [0.2, 0.25) is 0 Å². The van der Waals surface area contributed by atoms with Crippen LogP contribution >= 0.6 is 0 Å². The summed E-state index contributed by atoms with van der Waals surface area (Å²) in [5, 5.41) is 26.5. The second-order valence-corrected chi connectivity index (χ2v) is 10.7. The van der Waals surface area contributed by atoms with Crippen molar-refractivity contribution in [1.82, 2.24) is 0 Å². The van der Waals surface area contributed by atoms with Crippen LogP contribution in [-0.4, -0.2) is 41.3 Å². The van der Waals surface area contributed by atoms with Crippen LogP contribution in [0, 0.1) is 34.5 Å². The molecule has 4 rings (SSSR count). The van der Waals surface area contributed by atoms with E-state index in [4.69, 9.17) is 10.6 Å². The lowest BCUT2D eigenvalue weighted by atomic mass is 9.43. The molecule has 8 atom stereocenters. The third kappa shape index (κ3) is 3.04. The summed E-state index contributed by atoms with van der Waals surface area (Å²) in [7, 11) is 0. The lowest BCUT2D eigenvalue weighted by Crippen LogP contribution is -2.62. The van der Waals surface area contributed by atoms with E-state index in [0.29, 0.717) is 30.9 Å². The Morgan fingerprint density at radius 1 is 1.07 bits per heavy atom. The molecule has 4 N–H and O–H groups in total. The third-order valence-electron chi connectivity index (χ3n) is 9.65. The van der Waals surface area contributed by atoms with Crippen LogP contribution in [0.2, 0.25) is 0 Å². The summed E-state index contributed by atoms with van der Waals surface area (Å²) < 4.78 is 0. The molecule has 160 valence electrons. The standard InChI is InChI=1S/C23H40N2O3/c1-21-9-7-18(26)14-16(21)4-5-20-19(21)8-10-22(2)17(6-11-23(20,22)27)15-25-28-13-3-12-24/h15-20,26-27H,3-14,24H2,1-2H3/b25-15+/t16-,17+,18+,19+,20-,21+,22-,23+/m1/s1. The van der Waals surface area contributed by atoms with Gasteiger partial charge in [-0.05, 0) is 93.9 Å². The number of rotatable bonds is 5. The van der Waals surface area contributed by atoms with Crippen LogP contribution in [0.4, 0.5) is 0 Å². The van der Waals surface area contributed by atoms with Crippen LogP contribution in [0.25, 0.3) is 0 Å². The quantitative estimate of drug-likeness (QED) is 0.380. The van der Waals surface area contributed by atoms with Crippen molar-refractivity contribution in [3.8, 4) is 0 Å². The fourth-order valence-corrected chi connectivity index (χ4v) is 7.80. The minimum Gasteiger partial charge on any atom is -0.396 e. The fraction of sp³-hybridized carbons (Fsp3) is 0.957. The lowest BCUT2D eigenvalue weighted by Gasteiger charge is -2.63. The van der Waals surface area contributed by atoms with Crippen LogP contribution in [0.15, 0.2) is 5.16 Å². The van der Waals surface area contributed by atoms with Crippen molar-refractivity contribution in [2.24, 2.45) is 45.4 Å². The zero-order chi connectivity index (χ0) is 20.0. The maximum absolute atomic E-state index is 12.1. The van der Waals surface area contributed by atoms with E-state index in [1.54, 1.807) is 0 Å². The van der Waals surface area contributed by atoms with Crippen molar-refractivity contribution in [3.05, 3.63) is 0 Å². The molecule has 4 aliphatic carbocycles. The predicted molar refractivity (Wildman–Crippen MR) is 111 cm³/mol. The van der Waals surface area contributed by atoms with Gasteiger partial charge in [0.25, 0.3) is 0 Å². The summed E-state index contributed by atoms with van der Waals surface area (Å²) in [6.07, 6.45) is 12.1. The zero-order valence-electron chi connectivity index (χ0n) is 17.8. The van der Waals surface area contributed by atoms with Crippen molar-refractivity contribution < 1.29 is 15.1 Å². The molecule has 0 heterocycles. The van der Waals surface area contributed by atoms with E-state index in [2.05, 4.69) is 19.0 Å². The first-order valence-electron chi connectivity index (χ1n) is 11.6. The molecule has 5 heteroatoms. The van der Waals surface area contributed by atoms with E-state index in [0.717, 1.165) is 57.8 Å². The van der Waals surface area contributed by atoms with Crippen LogP contribution in [-0.2, 0) is 4.84 Å². The molecule has 0 unspecified atom stereocenters. The van der Waals surface area contributed by atoms with Crippen LogP contribution < -0.4 is 5.73 Å². The number of hydrogen-bond donors (Lipinski definition) is 3. The first-order chi connectivity index (χ1) is 13.3. The first kappa shape index (κ1) is 20.6. The Bertz CT molecular complexity index is 598. The molecule has 5 nitrogen and oxygen atoms in total. The second kappa shape index (κ2) is 7.55. The molecule has 0 saturated heterocycles. The molecule has 28 heavy (non-hydrogen) atoms. The summed E-state index contributed by atoms with van der Waals surface area (Å²) in [6, 6.07) is 0. The number of aliphatic hydroxyl groups is 2. The Morgan fingerprint density at radius 3 is 2.68 bits per heavy atom. The summed E-state index contributed by atoms with van der Waals surface area (Å²) in [4.78, 5) is 5.38. The van der Waals surface area contributed by atoms with Crippen LogP contribution in [0.3, 0.4) is 0 Å². The molecule has 4 fully saturated rings. The van der Waals surface area contributed by atoms with Gasteiger partial charge in [0.05, 0.1) is 11.7 Å². The fourth-order valence-electron chi connectivity index (χ4n) is 7.80. The third-order valence-corrected chi connectivity index (χ3v) is 9.65. The topological polar surface area (TPSA) is 88.1 Å². The first-order valence-corrected chi connectivity index (χ1v) is 11.6. The van der Waals surface area contributed by atoms with Crippen molar-refractivity contribution in [1.29, 1.82) is 0 Å². The van der Waals surface area contributed by atoms with Gasteiger partial charge in [0.15, 0.2) is 0 Å². The van der Waals surface area contributed by atoms with Gasteiger partial charge in [-0.25, -0.2) is 0 Å². The maximum atomic E-state index is 12.1. The Hall–Kier alpha value is -0.650. The number of oxime groups is 1. The molecular weight excluding hydrogens is 352 g/mol. The van der Waals surface area contributed by atoms with Crippen molar-refractivity contribution >= 4 is 6.21 Å². The monoisotopic (exact) mass is 392 g/mol. The highest BCUT2D eigenvalue weighted by atomic mass is 16.6. The number of aliphatic hydroxyl groups excluding tert-OH is 1. The molecule has 0 bridgehead atoms. The molecule has 0 radical (unpaired) electrons. The molecular formula is C23H40N2O3. The normalized spacial score (nSPS) is 50.8. The van der Waals surface area contributed by atoms with E-state index >= 15 is 0 Å². The van der Waals surface area contributed by atoms with Gasteiger partial charge in [0.1, 0.15) is 6.61 Å². The highest BCUT2D eigenvalue weighted by molar-refractivity contribution is 5.63. The van der Waals surface area contributed by atoms with Crippen LogP contribution in [0.5, 0.6) is 0 Å². The van der Waals surface area contributed by atoms with Crippen molar-refractivity contribution in [2.75, 3.05) is 13.2 Å². The van der Waals surface area contributed by atoms with E-state index in [-0.39, 0.29) is 22.9 Å². The molecule has 0 aromatic rings. The van der Waals surface area contributed by atoms with Gasteiger partial charge in [-0.15, -0.1) is 0 Å². The zero-order valence-corrected chi connectivity index (χ0v) is 17.8. The van der Waals surface area contributed by atoms with Gasteiger partial charge >= 0.3 is 0 Å². The van der Waals surface area contributed by atoms with Crippen molar-refractivity contribution in [2.45, 2.75) is 89.8 Å². The molecule has 0 aromatic heterocycles. The molecule has 0 amide bonds. The largest absolute Gasteiger partial charge is 0.396 e. The Morgan fingerprint density at radius 2 is 1.89 bits per heavy atom. The molecule has 0 aromatic carbocycles. The Labute approximate surface area is 170 Å². The molecule has 4 saturated carbocycles. The van der Waals surface area contributed by atoms with E-state index in [9.17, 15) is 10.2 Å². The average molecular weight is 393 g/mol. The number of fused-ring (bicyclic) bond motifs is 5. The van der Waals surface area contributed by atoms with Crippen LogP contribution in [0.1, 0.15) is 78.1 Å². The van der Waals surface area contributed by atoms with Gasteiger partial charge in [-0.3, -0.25) is 0 Å². The predicted octanol–water partition coefficient (Wildman–Crippen LogP) is 3.47. The van der Waals surface area contributed by atoms with E-state index in [1.165, 1.54) is 6.42 Å². The van der Waals surface area contributed by atoms with Gasteiger partial charge in [-0.2, -0.15) is 0 Å². The summed E-state index contributed by atoms with van der Waals surface area (Å²) in [6.45, 7) is 5.95. The Balaban J connectivity index is 1.52. The van der Waals surface area contributed by atoms with E-state index in [1.807, 2.05) is 6.21 Å². The highest BCUT2D eigenvalue weighted by Crippen LogP contribution is 2.68. The number of hydrogen-bond acceptors (Lipinski definition) is 5. The highest BCUT2D eigenvalue weighted by Gasteiger charge is 2.66.